The van der Waals surface area contributed by atoms with Crippen molar-refractivity contribution in [1.82, 2.24) is 5.32 Å². The maximum absolute atomic E-state index is 11.8. The Balaban J connectivity index is 3.13. The van der Waals surface area contributed by atoms with Crippen LogP contribution < -0.4 is 5.32 Å². The number of hydrogen-bond donors (Lipinski definition) is 1. The van der Waals surface area contributed by atoms with Crippen molar-refractivity contribution < 1.29 is 13.2 Å². The number of benzene rings is 1. The van der Waals surface area contributed by atoms with Crippen LogP contribution >= 0.6 is 0 Å². The van der Waals surface area contributed by atoms with Crippen molar-refractivity contribution in [1.29, 1.82) is 5.26 Å². The maximum atomic E-state index is 11.8. The maximum Gasteiger partial charge on any atom is 0.221 e. The van der Waals surface area contributed by atoms with E-state index in [1.807, 2.05) is 0 Å². The number of carbonyl (C=O) groups is 1. The molecule has 0 saturated carbocycles. The lowest BCUT2D eigenvalue weighted by molar-refractivity contribution is -0.118. The molecular weight excluding hydrogens is 240 g/mol. The summed E-state index contributed by atoms with van der Waals surface area (Å²) in [4.78, 5) is 10.8. The third kappa shape index (κ3) is 3.74. The lowest BCUT2D eigenvalue weighted by Gasteiger charge is -2.01. The Kier molecular flexibility index (Phi) is 4.01. The lowest BCUT2D eigenvalue weighted by Crippen LogP contribution is -2.19. The molecule has 1 aromatic rings. The van der Waals surface area contributed by atoms with Gasteiger partial charge < -0.3 is 5.32 Å². The predicted molar refractivity (Wildman–Crippen MR) is 61.1 cm³/mol. The van der Waals surface area contributed by atoms with Gasteiger partial charge in [-0.15, -0.1) is 0 Å². The second-order valence-electron chi connectivity index (χ2n) is 3.18. The van der Waals surface area contributed by atoms with Gasteiger partial charge in [-0.3, -0.25) is 4.79 Å². The molecule has 0 aliphatic heterocycles. The third-order valence-electron chi connectivity index (χ3n) is 1.78. The molecule has 0 heterocycles. The Morgan fingerprint density at radius 3 is 2.41 bits per heavy atom. The standard InChI is InChI=1S/C11H10N2O3S/c1-9(14)13-10(7-12)8-17(15,16)11-5-3-2-4-6-11/h2-6,8H,1H3,(H,13,14)/b10-8+. The van der Waals surface area contributed by atoms with Crippen LogP contribution in [-0.4, -0.2) is 14.3 Å². The van der Waals surface area contributed by atoms with Gasteiger partial charge in [0.25, 0.3) is 0 Å². The van der Waals surface area contributed by atoms with Gasteiger partial charge >= 0.3 is 0 Å². The third-order valence-corrected chi connectivity index (χ3v) is 3.25. The molecule has 0 bridgehead atoms. The number of rotatable bonds is 3. The van der Waals surface area contributed by atoms with Gasteiger partial charge in [-0.25, -0.2) is 8.42 Å². The van der Waals surface area contributed by atoms with E-state index in [2.05, 4.69) is 5.32 Å². The molecule has 1 aromatic carbocycles. The topological polar surface area (TPSA) is 87.0 Å². The SMILES string of the molecule is CC(=O)N/C(C#N)=C/S(=O)(=O)c1ccccc1. The highest BCUT2D eigenvalue weighted by molar-refractivity contribution is 7.94. The summed E-state index contributed by atoms with van der Waals surface area (Å²) in [5, 5.41) is 11.6. The number of carbonyl (C=O) groups excluding carboxylic acids is 1. The molecule has 0 radical (unpaired) electrons. The van der Waals surface area contributed by atoms with E-state index < -0.39 is 15.7 Å². The van der Waals surface area contributed by atoms with Crippen LogP contribution in [0.25, 0.3) is 0 Å². The van der Waals surface area contributed by atoms with E-state index >= 15 is 0 Å². The van der Waals surface area contributed by atoms with Gasteiger partial charge in [0.2, 0.25) is 15.7 Å². The zero-order valence-corrected chi connectivity index (χ0v) is 9.86. The Morgan fingerprint density at radius 1 is 1.35 bits per heavy atom. The molecule has 0 aliphatic rings. The fourth-order valence-corrected chi connectivity index (χ4v) is 2.20. The fraction of sp³-hybridized carbons (Fsp3) is 0.0909. The van der Waals surface area contributed by atoms with Crippen molar-refractivity contribution in [3.05, 3.63) is 41.4 Å². The van der Waals surface area contributed by atoms with E-state index in [4.69, 9.17) is 5.26 Å². The Bertz CT molecular complexity index is 583. The number of amides is 1. The van der Waals surface area contributed by atoms with Crippen LogP contribution in [0.2, 0.25) is 0 Å². The first-order chi connectivity index (χ1) is 7.95. The summed E-state index contributed by atoms with van der Waals surface area (Å²) in [5.74, 6) is -0.499. The van der Waals surface area contributed by atoms with Crippen LogP contribution in [0.4, 0.5) is 0 Å². The highest BCUT2D eigenvalue weighted by Gasteiger charge is 2.12. The van der Waals surface area contributed by atoms with Crippen molar-refractivity contribution in [3.8, 4) is 6.07 Å². The molecule has 1 rings (SSSR count). The number of allylic oxidation sites excluding steroid dienone is 1. The van der Waals surface area contributed by atoms with Crippen LogP contribution in [0.1, 0.15) is 6.92 Å². The predicted octanol–water partition coefficient (Wildman–Crippen LogP) is 0.961. The summed E-state index contributed by atoms with van der Waals surface area (Å²) in [6.45, 7) is 1.19. The van der Waals surface area contributed by atoms with Gasteiger partial charge in [0, 0.05) is 6.92 Å². The largest absolute Gasteiger partial charge is 0.317 e. The van der Waals surface area contributed by atoms with Crippen LogP contribution in [0.15, 0.2) is 46.3 Å². The molecular formula is C11H10N2O3S. The molecule has 1 amide bonds. The molecule has 0 fully saturated rings. The van der Waals surface area contributed by atoms with Crippen molar-refractivity contribution in [3.63, 3.8) is 0 Å². The first-order valence-electron chi connectivity index (χ1n) is 4.65. The van der Waals surface area contributed by atoms with E-state index in [-0.39, 0.29) is 10.6 Å². The molecule has 0 saturated heterocycles. The molecule has 0 atom stereocenters. The Hall–Kier alpha value is -2.13. The van der Waals surface area contributed by atoms with Gasteiger partial charge in [0.15, 0.2) is 0 Å². The minimum atomic E-state index is -3.72. The van der Waals surface area contributed by atoms with Crippen molar-refractivity contribution >= 4 is 15.7 Å². The van der Waals surface area contributed by atoms with E-state index in [9.17, 15) is 13.2 Å². The fourth-order valence-electron chi connectivity index (χ4n) is 1.11. The second kappa shape index (κ2) is 5.27. The average molecular weight is 250 g/mol. The van der Waals surface area contributed by atoms with Gasteiger partial charge in [-0.05, 0) is 12.1 Å². The van der Waals surface area contributed by atoms with Gasteiger partial charge in [0.05, 0.1) is 10.3 Å². The second-order valence-corrected chi connectivity index (χ2v) is 4.98. The van der Waals surface area contributed by atoms with E-state index in [0.717, 1.165) is 5.41 Å². The van der Waals surface area contributed by atoms with Crippen LogP contribution in [0, 0.1) is 11.3 Å². The van der Waals surface area contributed by atoms with Crippen LogP contribution in [0.3, 0.4) is 0 Å². The molecule has 17 heavy (non-hydrogen) atoms. The molecule has 0 spiro atoms. The van der Waals surface area contributed by atoms with E-state index in [1.165, 1.54) is 19.1 Å². The average Bonchev–Trinajstić information content (AvgIpc) is 2.28. The summed E-state index contributed by atoms with van der Waals surface area (Å²) in [5.41, 5.74) is -0.304. The summed E-state index contributed by atoms with van der Waals surface area (Å²) in [7, 11) is -3.72. The minimum Gasteiger partial charge on any atom is -0.317 e. The number of nitrogens with one attached hydrogen (secondary N) is 1. The summed E-state index contributed by atoms with van der Waals surface area (Å²) in [6, 6.07) is 9.26. The van der Waals surface area contributed by atoms with Crippen LogP contribution in [0.5, 0.6) is 0 Å². The minimum absolute atomic E-state index is 0.0677. The monoisotopic (exact) mass is 250 g/mol. The lowest BCUT2D eigenvalue weighted by atomic mass is 10.4. The van der Waals surface area contributed by atoms with Crippen molar-refractivity contribution in [2.24, 2.45) is 0 Å². The summed E-state index contributed by atoms with van der Waals surface area (Å²) >= 11 is 0. The summed E-state index contributed by atoms with van der Waals surface area (Å²) in [6.07, 6.45) is 0. The van der Waals surface area contributed by atoms with E-state index in [1.54, 1.807) is 24.3 Å². The van der Waals surface area contributed by atoms with Crippen molar-refractivity contribution in [2.75, 3.05) is 0 Å². The molecule has 6 heteroatoms. The smallest absolute Gasteiger partial charge is 0.221 e. The van der Waals surface area contributed by atoms with Gasteiger partial charge in [-0.1, -0.05) is 18.2 Å². The zero-order valence-electron chi connectivity index (χ0n) is 9.04. The molecule has 0 aromatic heterocycles. The highest BCUT2D eigenvalue weighted by Crippen LogP contribution is 2.12. The quantitative estimate of drug-likeness (QED) is 0.809. The first kappa shape index (κ1) is 12.9. The van der Waals surface area contributed by atoms with Crippen LogP contribution in [-0.2, 0) is 14.6 Å². The van der Waals surface area contributed by atoms with E-state index in [0.29, 0.717) is 0 Å². The van der Waals surface area contributed by atoms with Gasteiger partial charge in [0.1, 0.15) is 11.8 Å². The molecule has 88 valence electrons. The molecule has 0 aliphatic carbocycles. The Morgan fingerprint density at radius 2 is 1.94 bits per heavy atom. The zero-order chi connectivity index (χ0) is 12.9. The Labute approximate surface area is 99.3 Å². The van der Waals surface area contributed by atoms with Crippen molar-refractivity contribution in [2.45, 2.75) is 11.8 Å². The molecule has 1 N–H and O–H groups in total. The molecule has 0 unspecified atom stereocenters. The summed E-state index contributed by atoms with van der Waals surface area (Å²) < 4.78 is 23.6. The number of sulfone groups is 1. The normalized spacial score (nSPS) is 11.6. The first-order valence-corrected chi connectivity index (χ1v) is 6.20. The van der Waals surface area contributed by atoms with Gasteiger partial charge in [-0.2, -0.15) is 5.26 Å². The molecule has 5 nitrogen and oxygen atoms in total. The highest BCUT2D eigenvalue weighted by atomic mass is 32.2. The number of nitrogens with zero attached hydrogens (tertiary/aromatic N) is 1. The number of nitriles is 1. The number of hydrogen-bond acceptors (Lipinski definition) is 4.